The van der Waals surface area contributed by atoms with Gasteiger partial charge in [0.25, 0.3) is 0 Å². The average molecular weight is 239 g/mol. The molecular weight excluding hydrogens is 224 g/mol. The third kappa shape index (κ3) is 3.17. The van der Waals surface area contributed by atoms with Gasteiger partial charge in [0.1, 0.15) is 5.78 Å². The molecule has 0 amide bonds. The number of halogens is 1. The van der Waals surface area contributed by atoms with E-state index >= 15 is 0 Å². The number of carbonyl (C=O) groups is 2. The van der Waals surface area contributed by atoms with Gasteiger partial charge in [0.15, 0.2) is 5.78 Å². The van der Waals surface area contributed by atoms with Crippen LogP contribution in [0.15, 0.2) is 24.3 Å². The highest BCUT2D eigenvalue weighted by atomic mass is 35.5. The lowest BCUT2D eigenvalue weighted by atomic mass is 9.80. The largest absolute Gasteiger partial charge is 0.300 e. The third-order valence-corrected chi connectivity index (χ3v) is 2.66. The van der Waals surface area contributed by atoms with Gasteiger partial charge in [-0.25, -0.2) is 0 Å². The van der Waals surface area contributed by atoms with Gasteiger partial charge in [-0.2, -0.15) is 0 Å². The molecule has 0 saturated heterocycles. The second-order valence-corrected chi connectivity index (χ2v) is 5.04. The van der Waals surface area contributed by atoms with E-state index < -0.39 is 5.41 Å². The number of benzene rings is 1. The van der Waals surface area contributed by atoms with Crippen LogP contribution in [0, 0.1) is 5.41 Å². The molecule has 0 heterocycles. The van der Waals surface area contributed by atoms with E-state index in [0.29, 0.717) is 10.6 Å². The zero-order valence-electron chi connectivity index (χ0n) is 9.71. The smallest absolute Gasteiger partial charge is 0.168 e. The van der Waals surface area contributed by atoms with Crippen LogP contribution in [0.25, 0.3) is 0 Å². The lowest BCUT2D eigenvalue weighted by molar-refractivity contribution is -0.118. The molecule has 0 radical (unpaired) electrons. The summed E-state index contributed by atoms with van der Waals surface area (Å²) in [5.41, 5.74) is -0.0599. The molecule has 0 aromatic heterocycles. The van der Waals surface area contributed by atoms with Crippen LogP contribution in [-0.2, 0) is 4.79 Å². The molecule has 0 bridgehead atoms. The highest BCUT2D eigenvalue weighted by molar-refractivity contribution is 6.30. The van der Waals surface area contributed by atoms with Crippen LogP contribution in [0.2, 0.25) is 5.02 Å². The second kappa shape index (κ2) is 4.79. The van der Waals surface area contributed by atoms with Gasteiger partial charge in [-0.1, -0.05) is 25.4 Å². The fourth-order valence-corrected chi connectivity index (χ4v) is 1.82. The standard InChI is InChI=1S/C13H15ClO2/c1-9(15)8-13(2,3)12(16)10-4-6-11(14)7-5-10/h4-7H,8H2,1-3H3. The maximum Gasteiger partial charge on any atom is 0.168 e. The fraction of sp³-hybridized carbons (Fsp3) is 0.385. The highest BCUT2D eigenvalue weighted by Gasteiger charge is 2.29. The molecule has 0 aliphatic heterocycles. The van der Waals surface area contributed by atoms with Gasteiger partial charge in [-0.15, -0.1) is 0 Å². The minimum Gasteiger partial charge on any atom is -0.300 e. The van der Waals surface area contributed by atoms with Crippen molar-refractivity contribution in [3.05, 3.63) is 34.9 Å². The number of carbonyl (C=O) groups excluding carboxylic acids is 2. The summed E-state index contributed by atoms with van der Waals surface area (Å²) in [4.78, 5) is 23.2. The predicted octanol–water partition coefficient (Wildman–Crippen LogP) is 3.53. The van der Waals surface area contributed by atoms with Crippen molar-refractivity contribution in [2.45, 2.75) is 27.2 Å². The molecule has 1 rings (SSSR count). The normalized spacial score (nSPS) is 11.2. The van der Waals surface area contributed by atoms with Crippen molar-refractivity contribution in [1.29, 1.82) is 0 Å². The first-order chi connectivity index (χ1) is 7.33. The van der Waals surface area contributed by atoms with Gasteiger partial charge in [-0.05, 0) is 31.2 Å². The van der Waals surface area contributed by atoms with Crippen molar-refractivity contribution in [1.82, 2.24) is 0 Å². The Bertz CT molecular complexity index is 404. The van der Waals surface area contributed by atoms with Crippen LogP contribution in [0.1, 0.15) is 37.6 Å². The summed E-state index contributed by atoms with van der Waals surface area (Å²) in [6.07, 6.45) is 0.258. The van der Waals surface area contributed by atoms with E-state index in [1.807, 2.05) is 0 Å². The summed E-state index contributed by atoms with van der Waals surface area (Å²) < 4.78 is 0. The molecule has 0 unspecified atom stereocenters. The fourth-order valence-electron chi connectivity index (χ4n) is 1.69. The van der Waals surface area contributed by atoms with E-state index in [1.54, 1.807) is 38.1 Å². The Balaban J connectivity index is 2.93. The van der Waals surface area contributed by atoms with Crippen LogP contribution in [0.5, 0.6) is 0 Å². The number of hydrogen-bond donors (Lipinski definition) is 0. The molecule has 0 atom stereocenters. The summed E-state index contributed by atoms with van der Waals surface area (Å²) in [6.45, 7) is 5.06. The molecule has 16 heavy (non-hydrogen) atoms. The average Bonchev–Trinajstić information content (AvgIpc) is 2.16. The van der Waals surface area contributed by atoms with Gasteiger partial charge in [0, 0.05) is 22.4 Å². The van der Waals surface area contributed by atoms with Gasteiger partial charge in [0.05, 0.1) is 0 Å². The monoisotopic (exact) mass is 238 g/mol. The molecule has 3 heteroatoms. The van der Waals surface area contributed by atoms with Crippen molar-refractivity contribution >= 4 is 23.2 Å². The Morgan fingerprint density at radius 3 is 2.12 bits per heavy atom. The second-order valence-electron chi connectivity index (χ2n) is 4.60. The van der Waals surface area contributed by atoms with Crippen molar-refractivity contribution < 1.29 is 9.59 Å². The Kier molecular flexibility index (Phi) is 3.87. The van der Waals surface area contributed by atoms with Crippen LogP contribution in [0.4, 0.5) is 0 Å². The van der Waals surface area contributed by atoms with Crippen LogP contribution in [-0.4, -0.2) is 11.6 Å². The molecule has 0 aliphatic rings. The van der Waals surface area contributed by atoms with Gasteiger partial charge in [-0.3, -0.25) is 9.59 Å². The number of rotatable bonds is 4. The SMILES string of the molecule is CC(=O)CC(C)(C)C(=O)c1ccc(Cl)cc1. The molecule has 0 saturated carbocycles. The third-order valence-electron chi connectivity index (χ3n) is 2.41. The minimum absolute atomic E-state index is 0.0207. The van der Waals surface area contributed by atoms with Crippen LogP contribution >= 0.6 is 11.6 Å². The molecule has 2 nitrogen and oxygen atoms in total. The Morgan fingerprint density at radius 1 is 1.19 bits per heavy atom. The van der Waals surface area contributed by atoms with Crippen molar-refractivity contribution in [2.75, 3.05) is 0 Å². The first-order valence-corrected chi connectivity index (χ1v) is 5.50. The molecule has 0 fully saturated rings. The number of hydrogen-bond acceptors (Lipinski definition) is 2. The first-order valence-electron chi connectivity index (χ1n) is 5.13. The Hall–Kier alpha value is -1.15. The van der Waals surface area contributed by atoms with E-state index in [4.69, 9.17) is 11.6 Å². The quantitative estimate of drug-likeness (QED) is 0.752. The maximum absolute atomic E-state index is 12.1. The lowest BCUT2D eigenvalue weighted by Gasteiger charge is -2.21. The molecule has 0 aliphatic carbocycles. The Labute approximate surface area is 101 Å². The molecular formula is C13H15ClO2. The van der Waals surface area contributed by atoms with Crippen LogP contribution in [0.3, 0.4) is 0 Å². The number of ketones is 2. The van der Waals surface area contributed by atoms with Crippen LogP contribution < -0.4 is 0 Å². The van der Waals surface area contributed by atoms with E-state index in [9.17, 15) is 9.59 Å². The van der Waals surface area contributed by atoms with Gasteiger partial charge in [0.2, 0.25) is 0 Å². The van der Waals surface area contributed by atoms with Crippen molar-refractivity contribution in [3.63, 3.8) is 0 Å². The van der Waals surface area contributed by atoms with Gasteiger partial charge >= 0.3 is 0 Å². The van der Waals surface area contributed by atoms with E-state index in [-0.39, 0.29) is 18.0 Å². The zero-order valence-corrected chi connectivity index (χ0v) is 10.5. The number of Topliss-reactive ketones (excluding diaryl/α,β-unsaturated/α-hetero) is 2. The zero-order chi connectivity index (χ0) is 12.3. The van der Waals surface area contributed by atoms with E-state index in [2.05, 4.69) is 0 Å². The lowest BCUT2D eigenvalue weighted by Crippen LogP contribution is -2.26. The molecule has 0 spiro atoms. The van der Waals surface area contributed by atoms with E-state index in [0.717, 1.165) is 0 Å². The predicted molar refractivity (Wildman–Crippen MR) is 64.9 cm³/mol. The molecule has 1 aromatic rings. The summed E-state index contributed by atoms with van der Waals surface area (Å²) in [7, 11) is 0. The van der Waals surface area contributed by atoms with E-state index in [1.165, 1.54) is 6.92 Å². The summed E-state index contributed by atoms with van der Waals surface area (Å²) in [6, 6.07) is 6.73. The van der Waals surface area contributed by atoms with Crippen molar-refractivity contribution in [2.24, 2.45) is 5.41 Å². The van der Waals surface area contributed by atoms with Crippen molar-refractivity contribution in [3.8, 4) is 0 Å². The van der Waals surface area contributed by atoms with Gasteiger partial charge < -0.3 is 0 Å². The minimum atomic E-state index is -0.653. The Morgan fingerprint density at radius 2 is 1.69 bits per heavy atom. The molecule has 86 valence electrons. The summed E-state index contributed by atoms with van der Waals surface area (Å²) in [5.74, 6) is -0.00770. The highest BCUT2D eigenvalue weighted by Crippen LogP contribution is 2.26. The molecule has 0 N–H and O–H groups in total. The molecule has 1 aromatic carbocycles. The maximum atomic E-state index is 12.1. The first kappa shape index (κ1) is 12.9. The summed E-state index contributed by atoms with van der Waals surface area (Å²) in [5, 5.41) is 0.598. The summed E-state index contributed by atoms with van der Waals surface area (Å²) >= 11 is 5.75. The topological polar surface area (TPSA) is 34.1 Å².